The Hall–Kier alpha value is -2.66. The number of aryl methyl sites for hydroxylation is 1. The van der Waals surface area contributed by atoms with E-state index in [1.807, 2.05) is 31.2 Å². The Kier molecular flexibility index (Phi) is 6.16. The van der Waals surface area contributed by atoms with E-state index in [0.717, 1.165) is 16.8 Å². The summed E-state index contributed by atoms with van der Waals surface area (Å²) in [6, 6.07) is 12.0. The first-order valence-electron chi connectivity index (χ1n) is 8.21. The molecular weight excluding hydrogens is 350 g/mol. The molecule has 0 bridgehead atoms. The van der Waals surface area contributed by atoms with E-state index in [0.29, 0.717) is 22.8 Å². The highest BCUT2D eigenvalue weighted by Crippen LogP contribution is 2.30. The van der Waals surface area contributed by atoms with Gasteiger partial charge in [-0.1, -0.05) is 26.0 Å². The summed E-state index contributed by atoms with van der Waals surface area (Å²) in [6.07, 6.45) is 1.51. The monoisotopic (exact) mass is 371 g/mol. The number of hydrogen-bond donors (Lipinski definition) is 1. The van der Waals surface area contributed by atoms with Crippen LogP contribution < -0.4 is 5.32 Å². The van der Waals surface area contributed by atoms with Crippen molar-refractivity contribution in [1.82, 2.24) is 9.97 Å². The van der Waals surface area contributed by atoms with E-state index in [1.54, 1.807) is 0 Å². The number of pyridine rings is 2. The van der Waals surface area contributed by atoms with Gasteiger partial charge in [0, 0.05) is 23.0 Å². The smallest absolute Gasteiger partial charge is 0.341 e. The summed E-state index contributed by atoms with van der Waals surface area (Å²) in [5.74, 6) is -0.0159. The van der Waals surface area contributed by atoms with Crippen LogP contribution in [-0.4, -0.2) is 23.0 Å². The molecule has 5 nitrogen and oxygen atoms in total. The van der Waals surface area contributed by atoms with Crippen molar-refractivity contribution in [2.75, 3.05) is 12.4 Å². The number of esters is 1. The molecule has 0 fully saturated rings. The van der Waals surface area contributed by atoms with Gasteiger partial charge in [0.15, 0.2) is 5.65 Å². The number of halogens is 1. The summed E-state index contributed by atoms with van der Waals surface area (Å²) in [7, 11) is 1.36. The number of fused-ring (bicyclic) bond motifs is 1. The van der Waals surface area contributed by atoms with Crippen molar-refractivity contribution >= 4 is 40.8 Å². The van der Waals surface area contributed by atoms with Gasteiger partial charge < -0.3 is 10.1 Å². The number of rotatable bonds is 4. The summed E-state index contributed by atoms with van der Waals surface area (Å²) in [5, 5.41) is 4.15. The van der Waals surface area contributed by atoms with E-state index in [-0.39, 0.29) is 12.4 Å². The molecule has 2 heterocycles. The van der Waals surface area contributed by atoms with Gasteiger partial charge in [-0.05, 0) is 42.7 Å². The van der Waals surface area contributed by atoms with Crippen LogP contribution in [-0.2, 0) is 4.74 Å². The standard InChI is InChI=1S/C20H21N3O2.ClH/c1-12(2)14-6-5-7-15(10-14)23-18-16-9-8-13(3)22-19(16)21-11-17(18)20(24)25-4;/h5-12H,1-4H3,(H,21,22,23);1H. The highest BCUT2D eigenvalue weighted by Gasteiger charge is 2.17. The lowest BCUT2D eigenvalue weighted by atomic mass is 10.0. The number of ether oxygens (including phenoxy) is 1. The third-order valence-electron chi connectivity index (χ3n) is 4.10. The molecule has 0 saturated heterocycles. The van der Waals surface area contributed by atoms with Gasteiger partial charge in [0.25, 0.3) is 0 Å². The molecule has 2 aromatic heterocycles. The Balaban J connectivity index is 0.00000243. The Morgan fingerprint density at radius 3 is 2.65 bits per heavy atom. The third-order valence-corrected chi connectivity index (χ3v) is 4.10. The Morgan fingerprint density at radius 2 is 1.96 bits per heavy atom. The van der Waals surface area contributed by atoms with E-state index in [1.165, 1.54) is 18.9 Å². The number of nitrogens with zero attached hydrogens (tertiary/aromatic N) is 2. The van der Waals surface area contributed by atoms with E-state index in [4.69, 9.17) is 4.74 Å². The minimum absolute atomic E-state index is 0. The fourth-order valence-corrected chi connectivity index (χ4v) is 2.69. The summed E-state index contributed by atoms with van der Waals surface area (Å²) in [4.78, 5) is 20.9. The van der Waals surface area contributed by atoms with E-state index >= 15 is 0 Å². The molecule has 0 atom stereocenters. The summed E-state index contributed by atoms with van der Waals surface area (Å²) < 4.78 is 4.91. The van der Waals surface area contributed by atoms with E-state index < -0.39 is 5.97 Å². The predicted octanol–water partition coefficient (Wildman–Crippen LogP) is 5.01. The molecule has 136 valence electrons. The molecule has 1 N–H and O–H groups in total. The molecule has 0 aliphatic heterocycles. The lowest BCUT2D eigenvalue weighted by Crippen LogP contribution is -2.08. The Morgan fingerprint density at radius 1 is 1.19 bits per heavy atom. The van der Waals surface area contributed by atoms with Gasteiger partial charge in [-0.25, -0.2) is 14.8 Å². The predicted molar refractivity (Wildman–Crippen MR) is 107 cm³/mol. The molecular formula is C20H22ClN3O2. The molecule has 0 aliphatic rings. The second-order valence-corrected chi connectivity index (χ2v) is 6.27. The van der Waals surface area contributed by atoms with Crippen LogP contribution in [0.3, 0.4) is 0 Å². The number of aromatic nitrogens is 2. The van der Waals surface area contributed by atoms with E-state index in [9.17, 15) is 4.79 Å². The fraction of sp³-hybridized carbons (Fsp3) is 0.250. The first-order chi connectivity index (χ1) is 12.0. The molecule has 0 unspecified atom stereocenters. The molecule has 6 heteroatoms. The van der Waals surface area contributed by atoms with Gasteiger partial charge in [-0.2, -0.15) is 0 Å². The number of benzene rings is 1. The first kappa shape index (κ1) is 19.7. The number of hydrogen-bond acceptors (Lipinski definition) is 5. The second kappa shape index (κ2) is 8.15. The van der Waals surface area contributed by atoms with Crippen LogP contribution in [0.25, 0.3) is 11.0 Å². The maximum Gasteiger partial charge on any atom is 0.341 e. The van der Waals surface area contributed by atoms with Gasteiger partial charge in [0.2, 0.25) is 0 Å². The normalized spacial score (nSPS) is 10.5. The average Bonchev–Trinajstić information content (AvgIpc) is 2.61. The Bertz CT molecular complexity index is 941. The first-order valence-corrected chi connectivity index (χ1v) is 8.21. The lowest BCUT2D eigenvalue weighted by molar-refractivity contribution is 0.0601. The third kappa shape index (κ3) is 3.94. The van der Waals surface area contributed by atoms with Crippen molar-refractivity contribution in [3.8, 4) is 0 Å². The van der Waals surface area contributed by atoms with Crippen molar-refractivity contribution in [3.05, 3.63) is 59.4 Å². The fourth-order valence-electron chi connectivity index (χ4n) is 2.69. The molecule has 0 aliphatic carbocycles. The zero-order valence-corrected chi connectivity index (χ0v) is 16.1. The molecule has 3 aromatic rings. The molecule has 1 aromatic carbocycles. The number of methoxy groups -OCH3 is 1. The minimum atomic E-state index is -0.433. The number of anilines is 2. The SMILES string of the molecule is COC(=O)c1cnc2nc(C)ccc2c1Nc1cccc(C(C)C)c1.Cl. The van der Waals surface area contributed by atoms with Crippen molar-refractivity contribution in [3.63, 3.8) is 0 Å². The summed E-state index contributed by atoms with van der Waals surface area (Å²) in [6.45, 7) is 6.20. The molecule has 0 spiro atoms. The molecule has 0 saturated carbocycles. The zero-order valence-electron chi connectivity index (χ0n) is 15.2. The van der Waals surface area contributed by atoms with Gasteiger partial charge >= 0.3 is 5.97 Å². The lowest BCUT2D eigenvalue weighted by Gasteiger charge is -2.15. The summed E-state index contributed by atoms with van der Waals surface area (Å²) in [5.41, 5.74) is 4.64. The molecule has 3 rings (SSSR count). The van der Waals surface area contributed by atoms with Crippen LogP contribution in [0.2, 0.25) is 0 Å². The Labute approximate surface area is 159 Å². The molecule has 0 radical (unpaired) electrons. The maximum absolute atomic E-state index is 12.2. The van der Waals surface area contributed by atoms with Crippen LogP contribution in [0.15, 0.2) is 42.6 Å². The topological polar surface area (TPSA) is 64.1 Å². The number of carbonyl (C=O) groups is 1. The largest absolute Gasteiger partial charge is 0.465 e. The van der Waals surface area contributed by atoms with Crippen molar-refractivity contribution in [1.29, 1.82) is 0 Å². The van der Waals surface area contributed by atoms with Gasteiger partial charge in [-0.15, -0.1) is 12.4 Å². The molecule has 0 amide bonds. The van der Waals surface area contributed by atoms with Gasteiger partial charge in [-0.3, -0.25) is 0 Å². The summed E-state index contributed by atoms with van der Waals surface area (Å²) >= 11 is 0. The minimum Gasteiger partial charge on any atom is -0.465 e. The second-order valence-electron chi connectivity index (χ2n) is 6.27. The quantitative estimate of drug-likeness (QED) is 0.653. The van der Waals surface area contributed by atoms with Crippen molar-refractivity contribution in [2.24, 2.45) is 0 Å². The van der Waals surface area contributed by atoms with Crippen molar-refractivity contribution < 1.29 is 9.53 Å². The van der Waals surface area contributed by atoms with Crippen molar-refractivity contribution in [2.45, 2.75) is 26.7 Å². The van der Waals surface area contributed by atoms with Crippen LogP contribution >= 0.6 is 12.4 Å². The average molecular weight is 372 g/mol. The van der Waals surface area contributed by atoms with E-state index in [2.05, 4.69) is 41.3 Å². The number of nitrogens with one attached hydrogen (secondary N) is 1. The highest BCUT2D eigenvalue weighted by atomic mass is 35.5. The maximum atomic E-state index is 12.2. The van der Waals surface area contributed by atoms with Crippen LogP contribution in [0.5, 0.6) is 0 Å². The van der Waals surface area contributed by atoms with Crippen LogP contribution in [0.4, 0.5) is 11.4 Å². The highest BCUT2D eigenvalue weighted by molar-refractivity contribution is 6.05. The zero-order chi connectivity index (χ0) is 18.0. The van der Waals surface area contributed by atoms with Crippen LogP contribution in [0, 0.1) is 6.92 Å². The van der Waals surface area contributed by atoms with Crippen LogP contribution in [0.1, 0.15) is 41.4 Å². The number of carbonyl (C=O) groups excluding carboxylic acids is 1. The van der Waals surface area contributed by atoms with Gasteiger partial charge in [0.05, 0.1) is 12.8 Å². The molecule has 26 heavy (non-hydrogen) atoms. The van der Waals surface area contributed by atoms with Gasteiger partial charge in [0.1, 0.15) is 5.56 Å².